The molecule has 0 aliphatic rings. The van der Waals surface area contributed by atoms with Crippen LogP contribution in [0.4, 0.5) is 0 Å². The van der Waals surface area contributed by atoms with Crippen LogP contribution >= 0.6 is 0 Å². The molecule has 0 heterocycles. The van der Waals surface area contributed by atoms with Crippen LogP contribution < -0.4 is 10.1 Å². The summed E-state index contributed by atoms with van der Waals surface area (Å²) in [5.41, 5.74) is 0.523. The Bertz CT molecular complexity index is 444. The average Bonchev–Trinajstić information content (AvgIpc) is 2.48. The molecule has 0 saturated carbocycles. The number of benzene rings is 1. The van der Waals surface area contributed by atoms with Gasteiger partial charge in [-0.2, -0.15) is 0 Å². The number of amides is 1. The van der Waals surface area contributed by atoms with Gasteiger partial charge in [-0.05, 0) is 30.7 Å². The van der Waals surface area contributed by atoms with Crippen LogP contribution in [-0.2, 0) is 9.53 Å². The highest BCUT2D eigenvalue weighted by Crippen LogP contribution is 2.12. The first-order valence-corrected chi connectivity index (χ1v) is 6.85. The predicted molar refractivity (Wildman–Crippen MR) is 77.6 cm³/mol. The first kappa shape index (κ1) is 17.0. The van der Waals surface area contributed by atoms with Crippen molar-refractivity contribution in [3.63, 3.8) is 0 Å². The number of rotatable bonds is 10. The van der Waals surface area contributed by atoms with E-state index in [0.29, 0.717) is 37.5 Å². The van der Waals surface area contributed by atoms with Gasteiger partial charge in [-0.25, -0.2) is 0 Å². The van der Waals surface area contributed by atoms with Crippen molar-refractivity contribution in [3.8, 4) is 5.75 Å². The van der Waals surface area contributed by atoms with Gasteiger partial charge in [0.2, 0.25) is 0 Å². The summed E-state index contributed by atoms with van der Waals surface area (Å²) >= 11 is 0. The molecule has 0 radical (unpaired) electrons. The van der Waals surface area contributed by atoms with Crippen molar-refractivity contribution in [2.75, 3.05) is 26.9 Å². The van der Waals surface area contributed by atoms with E-state index in [-0.39, 0.29) is 12.3 Å². The van der Waals surface area contributed by atoms with E-state index >= 15 is 0 Å². The molecule has 1 amide bonds. The van der Waals surface area contributed by atoms with Crippen molar-refractivity contribution in [1.29, 1.82) is 0 Å². The van der Waals surface area contributed by atoms with Gasteiger partial charge in [0.05, 0.1) is 6.61 Å². The fourth-order valence-corrected chi connectivity index (χ4v) is 1.64. The lowest BCUT2D eigenvalue weighted by molar-refractivity contribution is -0.137. The first-order chi connectivity index (χ1) is 10.1. The molecule has 0 unspecified atom stereocenters. The average molecular weight is 295 g/mol. The monoisotopic (exact) mass is 295 g/mol. The lowest BCUT2D eigenvalue weighted by atomic mass is 10.2. The van der Waals surface area contributed by atoms with Crippen LogP contribution in [0.5, 0.6) is 5.75 Å². The summed E-state index contributed by atoms with van der Waals surface area (Å²) in [6.45, 7) is 1.56. The van der Waals surface area contributed by atoms with Crippen LogP contribution in [0.15, 0.2) is 24.3 Å². The van der Waals surface area contributed by atoms with E-state index in [1.54, 1.807) is 31.4 Å². The third kappa shape index (κ3) is 7.31. The fraction of sp³-hybridized carbons (Fsp3) is 0.467. The number of carboxylic acid groups (broad SMARTS) is 1. The molecule has 1 aromatic carbocycles. The fourth-order valence-electron chi connectivity index (χ4n) is 1.64. The van der Waals surface area contributed by atoms with Crippen LogP contribution in [0.1, 0.15) is 29.6 Å². The Morgan fingerprint density at radius 3 is 2.48 bits per heavy atom. The molecule has 2 N–H and O–H groups in total. The molecule has 0 fully saturated rings. The molecule has 0 saturated heterocycles. The highest BCUT2D eigenvalue weighted by atomic mass is 16.5. The molecule has 0 spiro atoms. The van der Waals surface area contributed by atoms with Gasteiger partial charge in [0.25, 0.3) is 5.91 Å². The van der Waals surface area contributed by atoms with Crippen LogP contribution in [0.2, 0.25) is 0 Å². The second-order valence-electron chi connectivity index (χ2n) is 4.47. The summed E-state index contributed by atoms with van der Waals surface area (Å²) in [7, 11) is 1.64. The topological polar surface area (TPSA) is 84.9 Å². The highest BCUT2D eigenvalue weighted by Gasteiger charge is 2.05. The van der Waals surface area contributed by atoms with Crippen molar-refractivity contribution in [1.82, 2.24) is 5.32 Å². The molecule has 21 heavy (non-hydrogen) atoms. The molecule has 1 rings (SSSR count). The highest BCUT2D eigenvalue weighted by molar-refractivity contribution is 5.94. The van der Waals surface area contributed by atoms with Crippen molar-refractivity contribution in [2.24, 2.45) is 0 Å². The molecule has 1 aromatic rings. The van der Waals surface area contributed by atoms with E-state index in [1.807, 2.05) is 0 Å². The molecule has 6 nitrogen and oxygen atoms in total. The lowest BCUT2D eigenvalue weighted by Crippen LogP contribution is -2.24. The van der Waals surface area contributed by atoms with Crippen molar-refractivity contribution < 1.29 is 24.2 Å². The zero-order valence-corrected chi connectivity index (χ0v) is 12.1. The standard InChI is InChI=1S/C15H21NO5/c1-20-10-3-11-21-13-7-5-12(6-8-13)15(19)16-9-2-4-14(17)18/h5-8H,2-4,9-11H2,1H3,(H,16,19)(H,17,18). The van der Waals surface area contributed by atoms with Gasteiger partial charge < -0.3 is 19.9 Å². The van der Waals surface area contributed by atoms with Crippen molar-refractivity contribution >= 4 is 11.9 Å². The Labute approximate surface area is 124 Å². The number of hydrogen-bond acceptors (Lipinski definition) is 4. The largest absolute Gasteiger partial charge is 0.494 e. The van der Waals surface area contributed by atoms with E-state index in [0.717, 1.165) is 6.42 Å². The third-order valence-corrected chi connectivity index (χ3v) is 2.73. The number of carbonyl (C=O) groups is 2. The van der Waals surface area contributed by atoms with Crippen LogP contribution in [0.3, 0.4) is 0 Å². The molecule has 0 bridgehead atoms. The van der Waals surface area contributed by atoms with Crippen molar-refractivity contribution in [2.45, 2.75) is 19.3 Å². The lowest BCUT2D eigenvalue weighted by Gasteiger charge is -2.07. The number of methoxy groups -OCH3 is 1. The van der Waals surface area contributed by atoms with Gasteiger partial charge in [-0.3, -0.25) is 9.59 Å². The maximum Gasteiger partial charge on any atom is 0.303 e. The Balaban J connectivity index is 2.31. The number of carboxylic acids is 1. The SMILES string of the molecule is COCCCOc1ccc(C(=O)NCCCC(=O)O)cc1. The van der Waals surface area contributed by atoms with Gasteiger partial charge in [0, 0.05) is 38.7 Å². The minimum Gasteiger partial charge on any atom is -0.494 e. The molecular formula is C15H21NO5. The second kappa shape index (κ2) is 9.77. The van der Waals surface area contributed by atoms with Gasteiger partial charge in [0.1, 0.15) is 5.75 Å². The molecule has 0 atom stereocenters. The van der Waals surface area contributed by atoms with Crippen LogP contribution in [0.25, 0.3) is 0 Å². The Morgan fingerprint density at radius 1 is 1.14 bits per heavy atom. The molecule has 116 valence electrons. The van der Waals surface area contributed by atoms with Crippen LogP contribution in [0, 0.1) is 0 Å². The smallest absolute Gasteiger partial charge is 0.303 e. The molecule has 6 heteroatoms. The summed E-state index contributed by atoms with van der Waals surface area (Å²) in [5, 5.41) is 11.2. The van der Waals surface area contributed by atoms with Crippen LogP contribution in [-0.4, -0.2) is 43.9 Å². The zero-order chi connectivity index (χ0) is 15.5. The van der Waals surface area contributed by atoms with Gasteiger partial charge in [0.15, 0.2) is 0 Å². The van der Waals surface area contributed by atoms with Crippen molar-refractivity contribution in [3.05, 3.63) is 29.8 Å². The van der Waals surface area contributed by atoms with E-state index in [4.69, 9.17) is 14.6 Å². The zero-order valence-electron chi connectivity index (χ0n) is 12.1. The third-order valence-electron chi connectivity index (χ3n) is 2.73. The van der Waals surface area contributed by atoms with Gasteiger partial charge in [-0.1, -0.05) is 0 Å². The first-order valence-electron chi connectivity index (χ1n) is 6.85. The number of nitrogens with one attached hydrogen (secondary N) is 1. The Morgan fingerprint density at radius 2 is 1.86 bits per heavy atom. The number of ether oxygens (including phenoxy) is 2. The molecule has 0 aromatic heterocycles. The Kier molecular flexibility index (Phi) is 7.89. The van der Waals surface area contributed by atoms with E-state index in [2.05, 4.69) is 5.32 Å². The van der Waals surface area contributed by atoms with Gasteiger partial charge in [-0.15, -0.1) is 0 Å². The summed E-state index contributed by atoms with van der Waals surface area (Å²) in [6.07, 6.45) is 1.28. The molecular weight excluding hydrogens is 274 g/mol. The number of hydrogen-bond donors (Lipinski definition) is 2. The second-order valence-corrected chi connectivity index (χ2v) is 4.47. The van der Waals surface area contributed by atoms with E-state index in [1.165, 1.54) is 0 Å². The minimum atomic E-state index is -0.862. The maximum atomic E-state index is 11.8. The molecule has 0 aliphatic heterocycles. The summed E-state index contributed by atoms with van der Waals surface area (Å²) in [6, 6.07) is 6.83. The quantitative estimate of drug-likeness (QED) is 0.642. The van der Waals surface area contributed by atoms with E-state index < -0.39 is 5.97 Å². The number of carbonyl (C=O) groups excluding carboxylic acids is 1. The summed E-state index contributed by atoms with van der Waals surface area (Å²) < 4.78 is 10.4. The Hall–Kier alpha value is -2.08. The predicted octanol–water partition coefficient (Wildman–Crippen LogP) is 1.70. The number of aliphatic carboxylic acids is 1. The molecule has 0 aliphatic carbocycles. The normalized spacial score (nSPS) is 10.1. The maximum absolute atomic E-state index is 11.8. The van der Waals surface area contributed by atoms with E-state index in [9.17, 15) is 9.59 Å². The summed E-state index contributed by atoms with van der Waals surface area (Å²) in [5.74, 6) is -0.376. The van der Waals surface area contributed by atoms with Gasteiger partial charge >= 0.3 is 5.97 Å². The summed E-state index contributed by atoms with van der Waals surface area (Å²) in [4.78, 5) is 22.1. The minimum absolute atomic E-state index is 0.0501.